The molecule has 0 unspecified atom stereocenters. The van der Waals surface area contributed by atoms with E-state index in [9.17, 15) is 14.4 Å². The van der Waals surface area contributed by atoms with E-state index in [4.69, 9.17) is 0 Å². The zero-order valence-corrected chi connectivity index (χ0v) is 16.4. The number of aromatic amines is 1. The van der Waals surface area contributed by atoms with E-state index >= 15 is 0 Å². The number of hydrogen-bond donors (Lipinski definition) is 2. The van der Waals surface area contributed by atoms with Gasteiger partial charge in [-0.05, 0) is 35.9 Å². The number of nitrogens with zero attached hydrogens (tertiary/aromatic N) is 1. The number of ether oxygens (including phenoxy) is 1. The number of aromatic nitrogens is 1. The Morgan fingerprint density at radius 3 is 2.48 bits per heavy atom. The highest BCUT2D eigenvalue weighted by Gasteiger charge is 2.14. The van der Waals surface area contributed by atoms with E-state index in [0.29, 0.717) is 24.3 Å². The van der Waals surface area contributed by atoms with Gasteiger partial charge in [0.15, 0.2) is 0 Å². The lowest BCUT2D eigenvalue weighted by Gasteiger charge is -2.21. The third kappa shape index (κ3) is 4.82. The molecule has 3 aromatic rings. The smallest absolute Gasteiger partial charge is 0.337 e. The van der Waals surface area contributed by atoms with Crippen molar-refractivity contribution in [1.29, 1.82) is 0 Å². The molecular formula is C22H23N3O4. The normalized spacial score (nSPS) is 10.6. The number of fused-ring (bicyclic) bond motifs is 1. The van der Waals surface area contributed by atoms with E-state index in [0.717, 1.165) is 16.5 Å². The van der Waals surface area contributed by atoms with E-state index in [1.54, 1.807) is 29.2 Å². The third-order valence-electron chi connectivity index (χ3n) is 4.66. The van der Waals surface area contributed by atoms with E-state index in [1.807, 2.05) is 30.5 Å². The van der Waals surface area contributed by atoms with Crippen LogP contribution >= 0.6 is 0 Å². The molecule has 0 atom stereocenters. The fraction of sp³-hybridized carbons (Fsp3) is 0.227. The van der Waals surface area contributed by atoms with Gasteiger partial charge in [0.2, 0.25) is 11.8 Å². The Bertz CT molecular complexity index is 1020. The number of para-hydroxylation sites is 1. The number of hydrogen-bond acceptors (Lipinski definition) is 4. The summed E-state index contributed by atoms with van der Waals surface area (Å²) in [7, 11) is 1.32. The molecule has 1 heterocycles. The summed E-state index contributed by atoms with van der Waals surface area (Å²) in [4.78, 5) is 40.6. The second-order valence-corrected chi connectivity index (χ2v) is 6.60. The van der Waals surface area contributed by atoms with Crippen LogP contribution < -0.4 is 10.2 Å². The number of amides is 2. The predicted octanol–water partition coefficient (Wildman–Crippen LogP) is 2.67. The van der Waals surface area contributed by atoms with Crippen molar-refractivity contribution >= 4 is 34.4 Å². The number of carbonyl (C=O) groups excluding carboxylic acids is 3. The number of carbonyl (C=O) groups is 3. The first-order valence-corrected chi connectivity index (χ1v) is 9.27. The van der Waals surface area contributed by atoms with Crippen LogP contribution in [0.25, 0.3) is 10.9 Å². The summed E-state index contributed by atoms with van der Waals surface area (Å²) >= 11 is 0. The van der Waals surface area contributed by atoms with Crippen molar-refractivity contribution in [2.24, 2.45) is 0 Å². The molecule has 2 amide bonds. The highest BCUT2D eigenvalue weighted by atomic mass is 16.5. The first-order chi connectivity index (χ1) is 14.0. The molecule has 0 saturated carbocycles. The molecule has 0 spiro atoms. The average molecular weight is 393 g/mol. The Morgan fingerprint density at radius 1 is 1.07 bits per heavy atom. The van der Waals surface area contributed by atoms with Crippen LogP contribution in [-0.2, 0) is 20.7 Å². The Kier molecular flexibility index (Phi) is 6.29. The number of benzene rings is 2. The summed E-state index contributed by atoms with van der Waals surface area (Å²) in [6.07, 6.45) is 2.10. The van der Waals surface area contributed by atoms with E-state index < -0.39 is 5.97 Å². The average Bonchev–Trinajstić information content (AvgIpc) is 3.13. The largest absolute Gasteiger partial charge is 0.465 e. The predicted molar refractivity (Wildman–Crippen MR) is 111 cm³/mol. The summed E-state index contributed by atoms with van der Waals surface area (Å²) in [5, 5.41) is 3.89. The summed E-state index contributed by atoms with van der Waals surface area (Å²) in [5.74, 6) is -0.698. The van der Waals surface area contributed by atoms with Crippen molar-refractivity contribution in [3.63, 3.8) is 0 Å². The molecular weight excluding hydrogens is 370 g/mol. The van der Waals surface area contributed by atoms with Crippen molar-refractivity contribution in [2.45, 2.75) is 13.3 Å². The standard InChI is InChI=1S/C22H23N3O4/c1-15(26)25(18-9-7-16(8-10-18)22(28)29-2)12-11-23-21(27)13-17-14-24-20-6-4-3-5-19(17)20/h3-10,14,24H,11-13H2,1-2H3,(H,23,27). The Labute approximate surface area is 168 Å². The maximum absolute atomic E-state index is 12.3. The Hall–Kier alpha value is -3.61. The van der Waals surface area contributed by atoms with Gasteiger partial charge in [-0.2, -0.15) is 0 Å². The first-order valence-electron chi connectivity index (χ1n) is 9.27. The van der Waals surface area contributed by atoms with Crippen LogP contribution in [0.5, 0.6) is 0 Å². The molecule has 0 fully saturated rings. The zero-order valence-electron chi connectivity index (χ0n) is 16.4. The van der Waals surface area contributed by atoms with Gasteiger partial charge in [0.25, 0.3) is 0 Å². The van der Waals surface area contributed by atoms with Crippen molar-refractivity contribution in [3.05, 3.63) is 65.9 Å². The van der Waals surface area contributed by atoms with Gasteiger partial charge in [-0.1, -0.05) is 18.2 Å². The quantitative estimate of drug-likeness (QED) is 0.604. The number of nitrogens with one attached hydrogen (secondary N) is 2. The highest BCUT2D eigenvalue weighted by Crippen LogP contribution is 2.18. The summed E-state index contributed by atoms with van der Waals surface area (Å²) in [6.45, 7) is 2.11. The molecule has 2 N–H and O–H groups in total. The van der Waals surface area contributed by atoms with Crippen molar-refractivity contribution < 1.29 is 19.1 Å². The SMILES string of the molecule is COC(=O)c1ccc(N(CCNC(=O)Cc2c[nH]c3ccccc23)C(C)=O)cc1. The van der Waals surface area contributed by atoms with Gasteiger partial charge in [-0.25, -0.2) is 4.79 Å². The molecule has 0 aliphatic heterocycles. The second kappa shape index (κ2) is 9.05. The van der Waals surface area contributed by atoms with E-state index in [-0.39, 0.29) is 18.2 Å². The molecule has 1 aromatic heterocycles. The molecule has 0 saturated heterocycles. The fourth-order valence-electron chi connectivity index (χ4n) is 3.18. The van der Waals surface area contributed by atoms with Crippen LogP contribution in [-0.4, -0.2) is 43.0 Å². The second-order valence-electron chi connectivity index (χ2n) is 6.60. The van der Waals surface area contributed by atoms with Gasteiger partial charge in [0, 0.05) is 42.8 Å². The minimum absolute atomic E-state index is 0.112. The van der Waals surface area contributed by atoms with Gasteiger partial charge in [0.1, 0.15) is 0 Å². The zero-order chi connectivity index (χ0) is 20.8. The molecule has 150 valence electrons. The maximum Gasteiger partial charge on any atom is 0.337 e. The molecule has 29 heavy (non-hydrogen) atoms. The summed E-state index contributed by atoms with van der Waals surface area (Å²) in [5.41, 5.74) is 2.98. The van der Waals surface area contributed by atoms with Crippen LogP contribution in [0.3, 0.4) is 0 Å². The van der Waals surface area contributed by atoms with E-state index in [1.165, 1.54) is 14.0 Å². The van der Waals surface area contributed by atoms with Gasteiger partial charge < -0.3 is 19.9 Å². The van der Waals surface area contributed by atoms with Crippen LogP contribution in [0, 0.1) is 0 Å². The van der Waals surface area contributed by atoms with Gasteiger partial charge in [0.05, 0.1) is 19.1 Å². The number of rotatable bonds is 7. The number of anilines is 1. The minimum Gasteiger partial charge on any atom is -0.465 e. The van der Waals surface area contributed by atoms with E-state index in [2.05, 4.69) is 15.0 Å². The molecule has 3 rings (SSSR count). The van der Waals surface area contributed by atoms with Gasteiger partial charge in [-0.15, -0.1) is 0 Å². The van der Waals surface area contributed by atoms with Crippen molar-refractivity contribution in [1.82, 2.24) is 10.3 Å². The molecule has 0 radical (unpaired) electrons. The topological polar surface area (TPSA) is 91.5 Å². The van der Waals surface area contributed by atoms with Crippen LogP contribution in [0.1, 0.15) is 22.8 Å². The van der Waals surface area contributed by atoms with Crippen molar-refractivity contribution in [3.8, 4) is 0 Å². The molecule has 7 nitrogen and oxygen atoms in total. The van der Waals surface area contributed by atoms with Gasteiger partial charge >= 0.3 is 5.97 Å². The number of methoxy groups -OCH3 is 1. The molecule has 0 aliphatic carbocycles. The lowest BCUT2D eigenvalue weighted by molar-refractivity contribution is -0.121. The Morgan fingerprint density at radius 2 is 1.79 bits per heavy atom. The summed E-state index contributed by atoms with van der Waals surface area (Å²) in [6, 6.07) is 14.4. The molecule has 7 heteroatoms. The first kappa shape index (κ1) is 20.1. The van der Waals surface area contributed by atoms with Gasteiger partial charge in [-0.3, -0.25) is 9.59 Å². The molecule has 0 bridgehead atoms. The summed E-state index contributed by atoms with van der Waals surface area (Å²) < 4.78 is 4.68. The lowest BCUT2D eigenvalue weighted by atomic mass is 10.1. The fourth-order valence-corrected chi connectivity index (χ4v) is 3.18. The Balaban J connectivity index is 1.57. The minimum atomic E-state index is -0.435. The molecule has 0 aliphatic rings. The van der Waals surface area contributed by atoms with Crippen molar-refractivity contribution in [2.75, 3.05) is 25.1 Å². The van der Waals surface area contributed by atoms with Crippen LogP contribution in [0.15, 0.2) is 54.7 Å². The number of H-pyrrole nitrogens is 1. The maximum atomic E-state index is 12.3. The highest BCUT2D eigenvalue weighted by molar-refractivity contribution is 5.94. The molecule has 2 aromatic carbocycles. The van der Waals surface area contributed by atoms with Crippen LogP contribution in [0.2, 0.25) is 0 Å². The third-order valence-corrected chi connectivity index (χ3v) is 4.66. The van der Waals surface area contributed by atoms with Crippen LogP contribution in [0.4, 0.5) is 5.69 Å². The number of esters is 1. The monoisotopic (exact) mass is 393 g/mol. The lowest BCUT2D eigenvalue weighted by Crippen LogP contribution is -2.38.